The minimum Gasteiger partial charge on any atom is -0.496 e. The quantitative estimate of drug-likeness (QED) is 0.636. The van der Waals surface area contributed by atoms with Crippen molar-refractivity contribution in [1.82, 2.24) is 10.6 Å². The third-order valence-corrected chi connectivity index (χ3v) is 5.89. The molecule has 3 rings (SSSR count). The van der Waals surface area contributed by atoms with E-state index in [1.807, 2.05) is 24.3 Å². The average Bonchev–Trinajstić information content (AvgIpc) is 3.29. The maximum absolute atomic E-state index is 12.6. The second-order valence-corrected chi connectivity index (χ2v) is 7.85. The van der Waals surface area contributed by atoms with Crippen LogP contribution in [0.3, 0.4) is 0 Å². The predicted octanol–water partition coefficient (Wildman–Crippen LogP) is 4.66. The second kappa shape index (κ2) is 11.5. The van der Waals surface area contributed by atoms with Crippen LogP contribution in [0.15, 0.2) is 41.1 Å². The van der Waals surface area contributed by atoms with Gasteiger partial charge in [0.1, 0.15) is 5.75 Å². The molecular weight excluding hydrogens is 388 g/mol. The molecular formula is C22H30N2O4S. The van der Waals surface area contributed by atoms with Crippen molar-refractivity contribution in [2.24, 2.45) is 0 Å². The zero-order valence-corrected chi connectivity index (χ0v) is 17.9. The molecule has 2 amide bonds. The van der Waals surface area contributed by atoms with Crippen molar-refractivity contribution in [1.29, 1.82) is 0 Å². The van der Waals surface area contributed by atoms with Gasteiger partial charge in [0.05, 0.1) is 12.7 Å². The lowest BCUT2D eigenvalue weighted by Gasteiger charge is -2.37. The van der Waals surface area contributed by atoms with Crippen LogP contribution in [0.1, 0.15) is 54.9 Å². The van der Waals surface area contributed by atoms with E-state index in [4.69, 9.17) is 9.84 Å². The molecule has 0 saturated heterocycles. The van der Waals surface area contributed by atoms with E-state index in [9.17, 15) is 9.59 Å². The SMILES string of the molecule is CCNC(=O)O.COc1ccccc1C(=O)NCC1(c2ccsc2)CCCCC1. The van der Waals surface area contributed by atoms with Crippen LogP contribution in [0.2, 0.25) is 0 Å². The molecule has 1 heterocycles. The van der Waals surface area contributed by atoms with E-state index in [0.717, 1.165) is 12.8 Å². The van der Waals surface area contributed by atoms with Crippen molar-refractivity contribution >= 4 is 23.3 Å². The Morgan fingerprint density at radius 2 is 1.86 bits per heavy atom. The summed E-state index contributed by atoms with van der Waals surface area (Å²) in [5.41, 5.74) is 2.07. The van der Waals surface area contributed by atoms with E-state index in [0.29, 0.717) is 24.4 Å². The van der Waals surface area contributed by atoms with Gasteiger partial charge in [0.2, 0.25) is 0 Å². The molecule has 2 aromatic rings. The highest BCUT2D eigenvalue weighted by Crippen LogP contribution is 2.40. The number of hydrogen-bond donors (Lipinski definition) is 3. The van der Waals surface area contributed by atoms with Crippen molar-refractivity contribution in [3.05, 3.63) is 52.2 Å². The molecule has 3 N–H and O–H groups in total. The summed E-state index contributed by atoms with van der Waals surface area (Å²) in [6, 6.07) is 9.60. The van der Waals surface area contributed by atoms with Crippen LogP contribution in [0.4, 0.5) is 4.79 Å². The minimum absolute atomic E-state index is 0.0531. The molecule has 1 fully saturated rings. The molecule has 1 aromatic carbocycles. The van der Waals surface area contributed by atoms with Gasteiger partial charge in [-0.15, -0.1) is 0 Å². The van der Waals surface area contributed by atoms with Crippen LogP contribution in [-0.4, -0.2) is 37.3 Å². The summed E-state index contributed by atoms with van der Waals surface area (Å²) >= 11 is 1.74. The van der Waals surface area contributed by atoms with Gasteiger partial charge in [-0.3, -0.25) is 4.79 Å². The largest absolute Gasteiger partial charge is 0.496 e. The molecule has 6 nitrogen and oxygen atoms in total. The third kappa shape index (κ3) is 6.49. The Labute approximate surface area is 176 Å². The molecule has 0 unspecified atom stereocenters. The van der Waals surface area contributed by atoms with E-state index in [2.05, 4.69) is 27.5 Å². The average molecular weight is 419 g/mol. The molecule has 1 aromatic heterocycles. The number of thiophene rings is 1. The normalized spacial score (nSPS) is 14.8. The summed E-state index contributed by atoms with van der Waals surface area (Å²) in [5, 5.41) is 17.5. The van der Waals surface area contributed by atoms with Crippen molar-refractivity contribution in [3.8, 4) is 5.75 Å². The molecule has 1 aliphatic carbocycles. The highest BCUT2D eigenvalue weighted by atomic mass is 32.1. The first-order valence-corrected chi connectivity index (χ1v) is 10.9. The van der Waals surface area contributed by atoms with E-state index in [1.54, 1.807) is 25.4 Å². The zero-order chi connectivity index (χ0) is 21.1. The van der Waals surface area contributed by atoms with Gasteiger partial charge in [-0.2, -0.15) is 11.3 Å². The smallest absolute Gasteiger partial charge is 0.404 e. The van der Waals surface area contributed by atoms with Gasteiger partial charge in [0, 0.05) is 18.5 Å². The van der Waals surface area contributed by atoms with Crippen LogP contribution in [-0.2, 0) is 5.41 Å². The lowest BCUT2D eigenvalue weighted by molar-refractivity contribution is 0.0933. The molecule has 158 valence electrons. The molecule has 29 heavy (non-hydrogen) atoms. The molecule has 0 atom stereocenters. The Kier molecular flexibility index (Phi) is 8.99. The van der Waals surface area contributed by atoms with Crippen molar-refractivity contribution in [2.75, 3.05) is 20.2 Å². The van der Waals surface area contributed by atoms with Gasteiger partial charge in [-0.1, -0.05) is 31.4 Å². The summed E-state index contributed by atoms with van der Waals surface area (Å²) in [4.78, 5) is 22.1. The first-order valence-electron chi connectivity index (χ1n) is 9.93. The van der Waals surface area contributed by atoms with Crippen LogP contribution >= 0.6 is 11.3 Å². The van der Waals surface area contributed by atoms with Gasteiger partial charge < -0.3 is 20.5 Å². The summed E-state index contributed by atoms with van der Waals surface area (Å²) in [7, 11) is 1.60. The maximum Gasteiger partial charge on any atom is 0.404 e. The molecule has 0 spiro atoms. The number of rotatable bonds is 6. The number of hydrogen-bond acceptors (Lipinski definition) is 4. The number of carboxylic acid groups (broad SMARTS) is 1. The maximum atomic E-state index is 12.6. The predicted molar refractivity (Wildman–Crippen MR) is 116 cm³/mol. The number of benzene rings is 1. The summed E-state index contributed by atoms with van der Waals surface area (Å²) < 4.78 is 5.30. The lowest BCUT2D eigenvalue weighted by Crippen LogP contribution is -2.42. The summed E-state index contributed by atoms with van der Waals surface area (Å²) in [5.74, 6) is 0.570. The first-order chi connectivity index (χ1) is 14.0. The molecule has 1 aliphatic rings. The Morgan fingerprint density at radius 1 is 1.14 bits per heavy atom. The molecule has 0 aliphatic heterocycles. The highest BCUT2D eigenvalue weighted by molar-refractivity contribution is 7.08. The van der Waals surface area contributed by atoms with Gasteiger partial charge in [-0.25, -0.2) is 4.79 Å². The van der Waals surface area contributed by atoms with Crippen LogP contribution in [0.25, 0.3) is 0 Å². The molecule has 0 bridgehead atoms. The van der Waals surface area contributed by atoms with Crippen molar-refractivity contribution in [3.63, 3.8) is 0 Å². The number of nitrogens with one attached hydrogen (secondary N) is 2. The van der Waals surface area contributed by atoms with Gasteiger partial charge in [0.15, 0.2) is 0 Å². The Morgan fingerprint density at radius 3 is 2.41 bits per heavy atom. The summed E-state index contributed by atoms with van der Waals surface area (Å²) in [6.07, 6.45) is 5.11. The van der Waals surface area contributed by atoms with E-state index < -0.39 is 6.09 Å². The van der Waals surface area contributed by atoms with Gasteiger partial charge in [0.25, 0.3) is 5.91 Å². The number of ether oxygens (including phenoxy) is 1. The number of para-hydroxylation sites is 1. The molecule has 0 radical (unpaired) electrons. The minimum atomic E-state index is -0.961. The number of amides is 2. The monoisotopic (exact) mass is 418 g/mol. The topological polar surface area (TPSA) is 87.7 Å². The van der Waals surface area contributed by atoms with Gasteiger partial charge in [-0.05, 0) is 54.3 Å². The first kappa shape index (κ1) is 22.7. The zero-order valence-electron chi connectivity index (χ0n) is 17.1. The molecule has 7 heteroatoms. The summed E-state index contributed by atoms with van der Waals surface area (Å²) in [6.45, 7) is 2.91. The van der Waals surface area contributed by atoms with Crippen LogP contribution in [0.5, 0.6) is 5.75 Å². The van der Waals surface area contributed by atoms with Crippen molar-refractivity contribution < 1.29 is 19.4 Å². The van der Waals surface area contributed by atoms with Crippen LogP contribution in [0, 0.1) is 0 Å². The second-order valence-electron chi connectivity index (χ2n) is 7.07. The standard InChI is InChI=1S/C19H23NO2S.C3H7NO2/c1-22-17-8-4-3-7-16(17)18(21)20-14-19(10-5-2-6-11-19)15-9-12-23-13-15;1-2-4-3(5)6/h3-4,7-9,12-13H,2,5-6,10-11,14H2,1H3,(H,20,21);4H,2H2,1H3,(H,5,6). The highest BCUT2D eigenvalue weighted by Gasteiger charge is 2.34. The Hall–Kier alpha value is -2.54. The fourth-order valence-electron chi connectivity index (χ4n) is 3.69. The number of carbonyl (C=O) groups excluding carboxylic acids is 1. The van der Waals surface area contributed by atoms with Gasteiger partial charge >= 0.3 is 6.09 Å². The third-order valence-electron chi connectivity index (χ3n) is 5.21. The fourth-order valence-corrected chi connectivity index (χ4v) is 4.47. The van der Waals surface area contributed by atoms with E-state index in [-0.39, 0.29) is 11.3 Å². The lowest BCUT2D eigenvalue weighted by atomic mass is 9.70. The Bertz CT molecular complexity index is 771. The number of carbonyl (C=O) groups is 2. The van der Waals surface area contributed by atoms with Crippen LogP contribution < -0.4 is 15.4 Å². The fraction of sp³-hybridized carbons (Fsp3) is 0.455. The van der Waals surface area contributed by atoms with E-state index >= 15 is 0 Å². The Balaban J connectivity index is 0.000000438. The van der Waals surface area contributed by atoms with E-state index in [1.165, 1.54) is 24.8 Å². The van der Waals surface area contributed by atoms with Crippen molar-refractivity contribution in [2.45, 2.75) is 44.4 Å². The number of methoxy groups -OCH3 is 1. The molecule has 1 saturated carbocycles.